The standard InChI is InChI=1S/C9H7N.C7H5NS.2C2H6/c1-2-4-9-7-10-6-5-8(9)3-1;1-2-4-7-6(3-1)8-5-9-7;2*1-2/h1-7H;1-5H;2*1-2H3. The second kappa shape index (κ2) is 11.3. The number of thiazole rings is 1. The minimum Gasteiger partial charge on any atom is -0.264 e. The highest BCUT2D eigenvalue weighted by Gasteiger charge is 1.89. The van der Waals surface area contributed by atoms with E-state index in [4.69, 9.17) is 0 Å². The number of benzene rings is 2. The van der Waals surface area contributed by atoms with Crippen molar-refractivity contribution in [2.45, 2.75) is 27.7 Å². The summed E-state index contributed by atoms with van der Waals surface area (Å²) in [6.07, 6.45) is 3.68. The van der Waals surface area contributed by atoms with E-state index in [0.29, 0.717) is 0 Å². The Hall–Kier alpha value is -2.26. The predicted octanol–water partition coefficient (Wildman–Crippen LogP) is 6.58. The summed E-state index contributed by atoms with van der Waals surface area (Å²) in [7, 11) is 0. The van der Waals surface area contributed by atoms with Gasteiger partial charge in [-0.15, -0.1) is 11.3 Å². The van der Waals surface area contributed by atoms with Gasteiger partial charge in [0, 0.05) is 12.4 Å². The van der Waals surface area contributed by atoms with Gasteiger partial charge in [-0.1, -0.05) is 64.1 Å². The Bertz CT molecular complexity index is 698. The van der Waals surface area contributed by atoms with Crippen LogP contribution >= 0.6 is 11.3 Å². The number of fused-ring (bicyclic) bond motifs is 2. The van der Waals surface area contributed by atoms with E-state index >= 15 is 0 Å². The molecule has 3 heteroatoms. The van der Waals surface area contributed by atoms with Crippen molar-refractivity contribution in [2.24, 2.45) is 0 Å². The highest BCUT2D eigenvalue weighted by molar-refractivity contribution is 7.16. The van der Waals surface area contributed by atoms with Gasteiger partial charge in [-0.3, -0.25) is 4.98 Å². The second-order valence-electron chi connectivity index (χ2n) is 4.04. The maximum atomic E-state index is 4.14. The lowest BCUT2D eigenvalue weighted by molar-refractivity contribution is 1.36. The SMILES string of the molecule is CC.CC.c1ccc2cnccc2c1.c1ccc2scnc2c1. The van der Waals surface area contributed by atoms with Gasteiger partial charge in [0.15, 0.2) is 0 Å². The van der Waals surface area contributed by atoms with Crippen molar-refractivity contribution in [1.29, 1.82) is 0 Å². The summed E-state index contributed by atoms with van der Waals surface area (Å²) in [6.45, 7) is 8.00. The van der Waals surface area contributed by atoms with E-state index in [1.165, 1.54) is 15.5 Å². The van der Waals surface area contributed by atoms with Crippen molar-refractivity contribution in [2.75, 3.05) is 0 Å². The maximum Gasteiger partial charge on any atom is 0.0812 e. The van der Waals surface area contributed by atoms with Crippen LogP contribution in [0.4, 0.5) is 0 Å². The molecular weight excluding hydrogens is 300 g/mol. The Kier molecular flexibility index (Phi) is 9.25. The van der Waals surface area contributed by atoms with Crippen molar-refractivity contribution >= 4 is 32.3 Å². The Balaban J connectivity index is 0.000000190. The number of pyridine rings is 1. The largest absolute Gasteiger partial charge is 0.264 e. The first kappa shape index (κ1) is 18.8. The summed E-state index contributed by atoms with van der Waals surface area (Å²) >= 11 is 1.68. The molecule has 0 saturated carbocycles. The van der Waals surface area contributed by atoms with Crippen molar-refractivity contribution in [3.05, 3.63) is 72.5 Å². The van der Waals surface area contributed by atoms with Gasteiger partial charge in [-0.25, -0.2) is 4.98 Å². The molecule has 0 amide bonds. The number of nitrogens with zero attached hydrogens (tertiary/aromatic N) is 2. The summed E-state index contributed by atoms with van der Waals surface area (Å²) in [6, 6.07) is 18.3. The first-order chi connectivity index (χ1) is 11.4. The first-order valence-electron chi connectivity index (χ1n) is 8.00. The van der Waals surface area contributed by atoms with Gasteiger partial charge in [-0.2, -0.15) is 0 Å². The van der Waals surface area contributed by atoms with Crippen LogP contribution < -0.4 is 0 Å². The van der Waals surface area contributed by atoms with Crippen LogP contribution in [0.1, 0.15) is 27.7 Å². The zero-order chi connectivity index (χ0) is 16.9. The van der Waals surface area contributed by atoms with Gasteiger partial charge in [-0.05, 0) is 29.0 Å². The Morgan fingerprint density at radius 3 is 2.09 bits per heavy atom. The van der Waals surface area contributed by atoms with Crippen LogP contribution in [0.3, 0.4) is 0 Å². The van der Waals surface area contributed by atoms with Crippen LogP contribution in [0.15, 0.2) is 72.5 Å². The molecule has 0 aliphatic carbocycles. The van der Waals surface area contributed by atoms with Gasteiger partial charge in [0.05, 0.1) is 15.7 Å². The topological polar surface area (TPSA) is 25.8 Å². The summed E-state index contributed by atoms with van der Waals surface area (Å²) < 4.78 is 1.26. The van der Waals surface area contributed by atoms with E-state index in [9.17, 15) is 0 Å². The molecule has 2 heterocycles. The Morgan fingerprint density at radius 1 is 0.739 bits per heavy atom. The number of hydrogen-bond acceptors (Lipinski definition) is 3. The van der Waals surface area contributed by atoms with Gasteiger partial charge in [0.2, 0.25) is 0 Å². The molecule has 0 saturated heterocycles. The predicted molar refractivity (Wildman–Crippen MR) is 104 cm³/mol. The van der Waals surface area contributed by atoms with E-state index < -0.39 is 0 Å². The van der Waals surface area contributed by atoms with Crippen molar-refractivity contribution < 1.29 is 0 Å². The molecule has 0 atom stereocenters. The van der Waals surface area contributed by atoms with Crippen molar-refractivity contribution in [3.63, 3.8) is 0 Å². The van der Waals surface area contributed by atoms with Crippen molar-refractivity contribution in [1.82, 2.24) is 9.97 Å². The number of para-hydroxylation sites is 1. The fraction of sp³-hybridized carbons (Fsp3) is 0.200. The third-order valence-corrected chi connectivity index (χ3v) is 3.60. The fourth-order valence-electron chi connectivity index (χ4n) is 1.83. The summed E-state index contributed by atoms with van der Waals surface area (Å²) in [5, 5.41) is 2.45. The molecule has 0 aliphatic rings. The molecule has 2 aromatic carbocycles. The van der Waals surface area contributed by atoms with E-state index in [-0.39, 0.29) is 0 Å². The molecule has 0 bridgehead atoms. The zero-order valence-corrected chi connectivity index (χ0v) is 15.0. The lowest BCUT2D eigenvalue weighted by atomic mass is 10.2. The Morgan fingerprint density at radius 2 is 1.39 bits per heavy atom. The molecule has 23 heavy (non-hydrogen) atoms. The van der Waals surface area contributed by atoms with Gasteiger partial charge < -0.3 is 0 Å². The third-order valence-electron chi connectivity index (χ3n) is 2.79. The Labute approximate surface area is 142 Å². The summed E-state index contributed by atoms with van der Waals surface area (Å²) in [5.41, 5.74) is 2.97. The molecular formula is C20H24N2S. The second-order valence-corrected chi connectivity index (χ2v) is 4.93. The third kappa shape index (κ3) is 5.80. The van der Waals surface area contributed by atoms with Crippen LogP contribution in [0.25, 0.3) is 21.0 Å². The molecule has 120 valence electrons. The molecule has 0 fully saturated rings. The average molecular weight is 324 g/mol. The first-order valence-corrected chi connectivity index (χ1v) is 8.88. The number of aromatic nitrogens is 2. The van der Waals surface area contributed by atoms with Gasteiger partial charge >= 0.3 is 0 Å². The average Bonchev–Trinajstić information content (AvgIpc) is 3.14. The number of hydrogen-bond donors (Lipinski definition) is 0. The molecule has 0 spiro atoms. The highest BCUT2D eigenvalue weighted by atomic mass is 32.1. The zero-order valence-electron chi connectivity index (χ0n) is 14.2. The summed E-state index contributed by atoms with van der Waals surface area (Å²) in [5.74, 6) is 0. The van der Waals surface area contributed by atoms with Gasteiger partial charge in [0.25, 0.3) is 0 Å². The van der Waals surface area contributed by atoms with E-state index in [1.807, 2.05) is 82.0 Å². The molecule has 0 N–H and O–H groups in total. The van der Waals surface area contributed by atoms with Crippen LogP contribution in [-0.2, 0) is 0 Å². The molecule has 2 aromatic heterocycles. The van der Waals surface area contributed by atoms with E-state index in [2.05, 4.69) is 28.2 Å². The minimum atomic E-state index is 1.10. The van der Waals surface area contributed by atoms with Gasteiger partial charge in [0.1, 0.15) is 0 Å². The van der Waals surface area contributed by atoms with Crippen LogP contribution in [0.2, 0.25) is 0 Å². The molecule has 0 unspecified atom stereocenters. The monoisotopic (exact) mass is 324 g/mol. The van der Waals surface area contributed by atoms with Crippen LogP contribution in [0, 0.1) is 0 Å². The molecule has 0 radical (unpaired) electrons. The molecule has 4 aromatic rings. The van der Waals surface area contributed by atoms with E-state index in [1.54, 1.807) is 11.3 Å². The minimum absolute atomic E-state index is 1.10. The number of rotatable bonds is 0. The summed E-state index contributed by atoms with van der Waals surface area (Å²) in [4.78, 5) is 8.15. The van der Waals surface area contributed by atoms with Crippen LogP contribution in [-0.4, -0.2) is 9.97 Å². The van der Waals surface area contributed by atoms with E-state index in [0.717, 1.165) is 5.52 Å². The fourth-order valence-corrected chi connectivity index (χ4v) is 2.51. The lowest BCUT2D eigenvalue weighted by Crippen LogP contribution is -1.71. The molecule has 4 rings (SSSR count). The quantitative estimate of drug-likeness (QED) is 0.365. The lowest BCUT2D eigenvalue weighted by Gasteiger charge is -1.91. The van der Waals surface area contributed by atoms with Crippen molar-refractivity contribution in [3.8, 4) is 0 Å². The smallest absolute Gasteiger partial charge is 0.0812 e. The molecule has 0 aliphatic heterocycles. The van der Waals surface area contributed by atoms with Crippen LogP contribution in [0.5, 0.6) is 0 Å². The highest BCUT2D eigenvalue weighted by Crippen LogP contribution is 2.15. The normalized spacial score (nSPS) is 8.87. The molecule has 2 nitrogen and oxygen atoms in total. The maximum absolute atomic E-state index is 4.14.